The van der Waals surface area contributed by atoms with E-state index < -0.39 is 0 Å². The van der Waals surface area contributed by atoms with Crippen molar-refractivity contribution in [2.24, 2.45) is 5.73 Å². The molecule has 76 valence electrons. The molecule has 0 aliphatic heterocycles. The third-order valence-corrected chi connectivity index (χ3v) is 2.30. The topological polar surface area (TPSA) is 49.8 Å². The van der Waals surface area contributed by atoms with Crippen LogP contribution in [-0.4, -0.2) is 4.99 Å². The first-order valence-corrected chi connectivity index (χ1v) is 5.08. The van der Waals surface area contributed by atoms with Crippen molar-refractivity contribution in [3.8, 4) is 6.07 Å². The van der Waals surface area contributed by atoms with E-state index in [4.69, 9.17) is 23.2 Å². The van der Waals surface area contributed by atoms with Gasteiger partial charge in [-0.1, -0.05) is 43.4 Å². The second-order valence-corrected chi connectivity index (χ2v) is 3.57. The molecule has 0 aromatic heterocycles. The van der Waals surface area contributed by atoms with Gasteiger partial charge in [-0.3, -0.25) is 0 Å². The maximum Gasteiger partial charge on any atom is 0.114 e. The summed E-state index contributed by atoms with van der Waals surface area (Å²) < 4.78 is 0. The zero-order valence-corrected chi connectivity index (χ0v) is 9.34. The molecule has 1 aromatic rings. The van der Waals surface area contributed by atoms with Gasteiger partial charge < -0.3 is 5.73 Å². The number of hydrogen-bond donors (Lipinski definition) is 1. The Morgan fingerprint density at radius 2 is 2.07 bits per heavy atom. The van der Waals surface area contributed by atoms with Crippen molar-refractivity contribution < 1.29 is 0 Å². The van der Waals surface area contributed by atoms with Crippen LogP contribution < -0.4 is 5.73 Å². The van der Waals surface area contributed by atoms with Crippen molar-refractivity contribution in [3.63, 3.8) is 0 Å². The number of nitriles is 1. The summed E-state index contributed by atoms with van der Waals surface area (Å²) in [7, 11) is 0. The van der Waals surface area contributed by atoms with Gasteiger partial charge in [0.1, 0.15) is 11.1 Å². The second-order valence-electron chi connectivity index (χ2n) is 3.13. The van der Waals surface area contributed by atoms with Crippen LogP contribution in [0, 0.1) is 11.3 Å². The van der Waals surface area contributed by atoms with Crippen molar-refractivity contribution >= 4 is 23.3 Å². The molecule has 0 unspecified atom stereocenters. The Labute approximate surface area is 95.0 Å². The van der Waals surface area contributed by atoms with E-state index in [0.29, 0.717) is 5.57 Å². The van der Waals surface area contributed by atoms with E-state index in [0.717, 1.165) is 12.0 Å². The highest BCUT2D eigenvalue weighted by Crippen LogP contribution is 2.09. The van der Waals surface area contributed by atoms with Crippen molar-refractivity contribution in [3.05, 3.63) is 41.0 Å². The Bertz CT molecular complexity index is 424. The van der Waals surface area contributed by atoms with Gasteiger partial charge in [0, 0.05) is 0 Å². The highest BCUT2D eigenvalue weighted by Gasteiger charge is 1.99. The molecule has 1 rings (SSSR count). The average Bonchev–Trinajstić information content (AvgIpc) is 2.26. The molecule has 0 spiro atoms. The molecule has 2 nitrogen and oxygen atoms in total. The number of benzene rings is 1. The number of nitrogens with zero attached hydrogens (tertiary/aromatic N) is 1. The zero-order valence-electron chi connectivity index (χ0n) is 8.53. The van der Waals surface area contributed by atoms with Gasteiger partial charge >= 0.3 is 0 Å². The van der Waals surface area contributed by atoms with Crippen molar-refractivity contribution in [1.29, 1.82) is 5.26 Å². The second kappa shape index (κ2) is 5.28. The fourth-order valence-electron chi connectivity index (χ4n) is 1.17. The number of aryl methyl sites for hydroxylation is 1. The number of hydrogen-bond acceptors (Lipinski definition) is 2. The van der Waals surface area contributed by atoms with E-state index >= 15 is 0 Å². The summed E-state index contributed by atoms with van der Waals surface area (Å²) >= 11 is 4.75. The van der Waals surface area contributed by atoms with E-state index in [1.54, 1.807) is 6.08 Å². The van der Waals surface area contributed by atoms with E-state index in [9.17, 15) is 0 Å². The zero-order chi connectivity index (χ0) is 11.3. The molecule has 15 heavy (non-hydrogen) atoms. The predicted molar refractivity (Wildman–Crippen MR) is 66.2 cm³/mol. The molecule has 0 bridgehead atoms. The fraction of sp³-hybridized carbons (Fsp3) is 0.167. The molecule has 0 atom stereocenters. The summed E-state index contributed by atoms with van der Waals surface area (Å²) in [6.45, 7) is 2.10. The molecule has 0 saturated carbocycles. The minimum absolute atomic E-state index is 0.136. The highest BCUT2D eigenvalue weighted by atomic mass is 32.1. The van der Waals surface area contributed by atoms with Crippen molar-refractivity contribution in [1.82, 2.24) is 0 Å². The third-order valence-electron chi connectivity index (χ3n) is 2.08. The fourth-order valence-corrected chi connectivity index (χ4v) is 1.28. The standard InChI is InChI=1S/C12H12N2S/c1-2-9-3-5-10(6-4-9)7-11(8-13)12(14)15/h3-7H,2H2,1H3,(H2,14,15)/b11-7-. The van der Waals surface area contributed by atoms with Crippen LogP contribution in [0.1, 0.15) is 18.1 Å². The first kappa shape index (κ1) is 11.4. The molecule has 0 radical (unpaired) electrons. The van der Waals surface area contributed by atoms with E-state index in [1.165, 1.54) is 5.56 Å². The Morgan fingerprint density at radius 1 is 1.47 bits per heavy atom. The van der Waals surface area contributed by atoms with Gasteiger partial charge in [-0.15, -0.1) is 0 Å². The summed E-state index contributed by atoms with van der Waals surface area (Å²) in [6.07, 6.45) is 2.70. The lowest BCUT2D eigenvalue weighted by molar-refractivity contribution is 1.14. The molecule has 0 fully saturated rings. The minimum atomic E-state index is 0.136. The molecular formula is C12H12N2S. The number of thiocarbonyl (C=S) groups is 1. The normalized spacial score (nSPS) is 10.8. The Hall–Kier alpha value is -1.66. The maximum absolute atomic E-state index is 8.77. The summed E-state index contributed by atoms with van der Waals surface area (Å²) in [4.78, 5) is 0.136. The van der Waals surface area contributed by atoms with Crippen LogP contribution in [0.5, 0.6) is 0 Å². The first-order valence-electron chi connectivity index (χ1n) is 4.68. The molecular weight excluding hydrogens is 204 g/mol. The van der Waals surface area contributed by atoms with E-state index in [-0.39, 0.29) is 4.99 Å². The Morgan fingerprint density at radius 3 is 2.47 bits per heavy atom. The van der Waals surface area contributed by atoms with Crippen LogP contribution in [0.2, 0.25) is 0 Å². The van der Waals surface area contributed by atoms with E-state index in [2.05, 4.69) is 6.92 Å². The molecule has 0 saturated heterocycles. The van der Waals surface area contributed by atoms with Gasteiger partial charge in [0.2, 0.25) is 0 Å². The van der Waals surface area contributed by atoms with Crippen LogP contribution in [-0.2, 0) is 6.42 Å². The molecule has 0 aliphatic rings. The van der Waals surface area contributed by atoms with Crippen LogP contribution >= 0.6 is 12.2 Å². The molecule has 0 aliphatic carbocycles. The van der Waals surface area contributed by atoms with Crippen LogP contribution in [0.3, 0.4) is 0 Å². The average molecular weight is 216 g/mol. The molecule has 1 aromatic carbocycles. The molecule has 3 heteroatoms. The number of rotatable bonds is 3. The monoisotopic (exact) mass is 216 g/mol. The van der Waals surface area contributed by atoms with Gasteiger partial charge in [0.05, 0.1) is 5.57 Å². The largest absolute Gasteiger partial charge is 0.389 e. The summed E-state index contributed by atoms with van der Waals surface area (Å²) in [5, 5.41) is 8.77. The lowest BCUT2D eigenvalue weighted by atomic mass is 10.1. The quantitative estimate of drug-likeness (QED) is 0.479. The summed E-state index contributed by atoms with van der Waals surface area (Å²) in [5.74, 6) is 0. The van der Waals surface area contributed by atoms with Crippen molar-refractivity contribution in [2.45, 2.75) is 13.3 Å². The Balaban J connectivity index is 2.98. The van der Waals surface area contributed by atoms with Crippen LogP contribution in [0.25, 0.3) is 6.08 Å². The minimum Gasteiger partial charge on any atom is -0.389 e. The summed E-state index contributed by atoms with van der Waals surface area (Å²) in [5.41, 5.74) is 7.94. The van der Waals surface area contributed by atoms with Crippen LogP contribution in [0.15, 0.2) is 29.8 Å². The van der Waals surface area contributed by atoms with Gasteiger partial charge in [-0.05, 0) is 23.6 Å². The van der Waals surface area contributed by atoms with Gasteiger partial charge in [-0.25, -0.2) is 0 Å². The van der Waals surface area contributed by atoms with Crippen LogP contribution in [0.4, 0.5) is 0 Å². The Kier molecular flexibility index (Phi) is 4.02. The lowest BCUT2D eigenvalue weighted by Crippen LogP contribution is -2.09. The maximum atomic E-state index is 8.77. The molecule has 0 amide bonds. The summed E-state index contributed by atoms with van der Waals surface area (Å²) in [6, 6.07) is 9.94. The van der Waals surface area contributed by atoms with Gasteiger partial charge in [-0.2, -0.15) is 5.26 Å². The SMILES string of the molecule is CCc1ccc(/C=C(/C#N)C(N)=S)cc1. The van der Waals surface area contributed by atoms with E-state index in [1.807, 2.05) is 30.3 Å². The first-order chi connectivity index (χ1) is 7.17. The lowest BCUT2D eigenvalue weighted by Gasteiger charge is -1.98. The molecule has 2 N–H and O–H groups in total. The molecule has 0 heterocycles. The van der Waals surface area contributed by atoms with Crippen molar-refractivity contribution in [2.75, 3.05) is 0 Å². The smallest absolute Gasteiger partial charge is 0.114 e. The third kappa shape index (κ3) is 3.19. The van der Waals surface area contributed by atoms with Gasteiger partial charge in [0.25, 0.3) is 0 Å². The van der Waals surface area contributed by atoms with Gasteiger partial charge in [0.15, 0.2) is 0 Å². The number of nitrogens with two attached hydrogens (primary N) is 1. The highest BCUT2D eigenvalue weighted by molar-refractivity contribution is 7.80. The predicted octanol–water partition coefficient (Wildman–Crippen LogP) is 2.44.